The van der Waals surface area contributed by atoms with Crippen LogP contribution in [0.5, 0.6) is 0 Å². The zero-order valence-electron chi connectivity index (χ0n) is 7.49. The number of nitrogens with zero attached hydrogens (tertiary/aromatic N) is 3. The van der Waals surface area contributed by atoms with Gasteiger partial charge in [0.05, 0.1) is 0 Å². The van der Waals surface area contributed by atoms with Crippen LogP contribution in [0.15, 0.2) is 4.52 Å². The number of carbonyl (C=O) groups is 1. The molecule has 1 saturated heterocycles. The summed E-state index contributed by atoms with van der Waals surface area (Å²) in [6.07, 6.45) is 3.49. The van der Waals surface area contributed by atoms with Crippen LogP contribution >= 0.6 is 0 Å². The Bertz CT molecular complexity index is 265. The van der Waals surface area contributed by atoms with Crippen LogP contribution in [0.4, 0.5) is 6.01 Å². The van der Waals surface area contributed by atoms with Crippen molar-refractivity contribution >= 4 is 11.8 Å². The normalized spacial score (nSPS) is 16.9. The Kier molecular flexibility index (Phi) is 4.71. The summed E-state index contributed by atoms with van der Waals surface area (Å²) in [5.41, 5.74) is 0. The van der Waals surface area contributed by atoms with E-state index in [0.29, 0.717) is 37.7 Å². The second-order valence-corrected chi connectivity index (χ2v) is 2.70. The number of rotatable bonds is 1. The molecule has 0 aliphatic carbocycles. The second kappa shape index (κ2) is 5.33. The summed E-state index contributed by atoms with van der Waals surface area (Å²) >= 11 is 0. The fourth-order valence-corrected chi connectivity index (χ4v) is 1.22. The van der Waals surface area contributed by atoms with Gasteiger partial charge in [-0.1, -0.05) is 0 Å². The maximum absolute atomic E-state index is 10.9. The predicted molar refractivity (Wildman–Crippen MR) is 39.6 cm³/mol. The van der Waals surface area contributed by atoms with Gasteiger partial charge in [0.1, 0.15) is 5.78 Å². The molecule has 0 amide bonds. The summed E-state index contributed by atoms with van der Waals surface area (Å²) in [4.78, 5) is 16.5. The molecule has 0 bridgehead atoms. The van der Waals surface area contributed by atoms with Gasteiger partial charge >= 0.3 is 58.2 Å². The number of aromatic nitrogens is 2. The molecule has 0 saturated carbocycles. The van der Waals surface area contributed by atoms with Crippen molar-refractivity contribution in [3.05, 3.63) is 6.33 Å². The molecule has 0 N–H and O–H groups in total. The molecular formula is C7H8N3O2Rb. The molecule has 0 radical (unpaired) electrons. The molecule has 6 heteroatoms. The summed E-state index contributed by atoms with van der Waals surface area (Å²) < 4.78 is 4.81. The van der Waals surface area contributed by atoms with Gasteiger partial charge in [-0.15, -0.1) is 0 Å². The number of piperidine rings is 1. The Morgan fingerprint density at radius 1 is 1.38 bits per heavy atom. The van der Waals surface area contributed by atoms with E-state index in [1.54, 1.807) is 0 Å². The van der Waals surface area contributed by atoms with E-state index in [0.717, 1.165) is 0 Å². The van der Waals surface area contributed by atoms with Crippen molar-refractivity contribution < 1.29 is 67.5 Å². The van der Waals surface area contributed by atoms with Crippen LogP contribution < -0.4 is 63.1 Å². The maximum Gasteiger partial charge on any atom is 1.00 e. The molecule has 1 aromatic heterocycles. The van der Waals surface area contributed by atoms with Crippen LogP contribution in [0.25, 0.3) is 0 Å². The van der Waals surface area contributed by atoms with E-state index < -0.39 is 0 Å². The fourth-order valence-electron chi connectivity index (χ4n) is 1.22. The van der Waals surface area contributed by atoms with Crippen molar-refractivity contribution in [1.29, 1.82) is 0 Å². The first-order valence-electron chi connectivity index (χ1n) is 3.82. The summed E-state index contributed by atoms with van der Waals surface area (Å²) in [6, 6.07) is 0.461. The Morgan fingerprint density at radius 3 is 2.62 bits per heavy atom. The third kappa shape index (κ3) is 2.94. The van der Waals surface area contributed by atoms with Crippen LogP contribution in [-0.4, -0.2) is 29.0 Å². The minimum atomic E-state index is 0. The van der Waals surface area contributed by atoms with Gasteiger partial charge in [-0.3, -0.25) is 4.79 Å². The number of carbonyl (C=O) groups excluding carboxylic acids is 1. The third-order valence-electron chi connectivity index (χ3n) is 1.91. The van der Waals surface area contributed by atoms with Crippen LogP contribution in [0.2, 0.25) is 0 Å². The molecule has 0 spiro atoms. The Balaban J connectivity index is 0.000000845. The van der Waals surface area contributed by atoms with E-state index in [1.165, 1.54) is 0 Å². The number of hydrogen-bond donors (Lipinski definition) is 0. The molecule has 0 unspecified atom stereocenters. The van der Waals surface area contributed by atoms with E-state index in [9.17, 15) is 4.79 Å². The van der Waals surface area contributed by atoms with Gasteiger partial charge in [0.15, 0.2) is 6.01 Å². The summed E-state index contributed by atoms with van der Waals surface area (Å²) in [6.45, 7) is 1.35. The predicted octanol–water partition coefficient (Wildman–Crippen LogP) is -2.96. The molecule has 1 fully saturated rings. The van der Waals surface area contributed by atoms with Gasteiger partial charge in [-0.05, 0) is 0 Å². The number of anilines is 1. The van der Waals surface area contributed by atoms with E-state index in [1.807, 2.05) is 4.90 Å². The molecule has 2 heterocycles. The van der Waals surface area contributed by atoms with E-state index in [-0.39, 0.29) is 58.2 Å². The Hall–Kier alpha value is 0.415. The first kappa shape index (κ1) is 11.5. The topological polar surface area (TPSA) is 59.2 Å². The average molecular weight is 252 g/mol. The quantitative estimate of drug-likeness (QED) is 0.500. The molecular weight excluding hydrogens is 244 g/mol. The number of ketones is 1. The van der Waals surface area contributed by atoms with Crippen LogP contribution in [-0.2, 0) is 4.79 Å². The second-order valence-electron chi connectivity index (χ2n) is 2.70. The van der Waals surface area contributed by atoms with Gasteiger partial charge in [0.25, 0.3) is 0 Å². The Morgan fingerprint density at radius 2 is 2.08 bits per heavy atom. The molecule has 64 valence electrons. The minimum Gasteiger partial charge on any atom is -0.427 e. The van der Waals surface area contributed by atoms with Crippen LogP contribution in [0, 0.1) is 6.33 Å². The molecule has 13 heavy (non-hydrogen) atoms. The molecule has 1 aromatic rings. The van der Waals surface area contributed by atoms with Crippen molar-refractivity contribution in [2.75, 3.05) is 18.0 Å². The number of hydrogen-bond acceptors (Lipinski definition) is 5. The first-order chi connectivity index (χ1) is 5.86. The van der Waals surface area contributed by atoms with Crippen molar-refractivity contribution in [2.24, 2.45) is 0 Å². The zero-order valence-corrected chi connectivity index (χ0v) is 12.4. The Labute approximate surface area is 125 Å². The van der Waals surface area contributed by atoms with E-state index >= 15 is 0 Å². The van der Waals surface area contributed by atoms with Crippen molar-refractivity contribution in [3.8, 4) is 0 Å². The van der Waals surface area contributed by atoms with Gasteiger partial charge < -0.3 is 14.4 Å². The van der Waals surface area contributed by atoms with Gasteiger partial charge in [-0.25, -0.2) is 0 Å². The summed E-state index contributed by atoms with van der Waals surface area (Å²) in [5, 5.41) is 3.38. The van der Waals surface area contributed by atoms with Crippen molar-refractivity contribution in [1.82, 2.24) is 10.1 Å². The van der Waals surface area contributed by atoms with Gasteiger partial charge in [0, 0.05) is 32.3 Å². The fraction of sp³-hybridized carbons (Fsp3) is 0.571. The van der Waals surface area contributed by atoms with Crippen molar-refractivity contribution in [3.63, 3.8) is 0 Å². The van der Waals surface area contributed by atoms with Crippen molar-refractivity contribution in [2.45, 2.75) is 12.8 Å². The van der Waals surface area contributed by atoms with Crippen LogP contribution in [0.3, 0.4) is 0 Å². The average Bonchev–Trinajstić information content (AvgIpc) is 2.58. The molecule has 0 aromatic carbocycles. The van der Waals surface area contributed by atoms with Crippen LogP contribution in [0.1, 0.15) is 12.8 Å². The smallest absolute Gasteiger partial charge is 0.427 e. The summed E-state index contributed by atoms with van der Waals surface area (Å²) in [5.74, 6) is 0.301. The SMILES string of the molecule is O=C1CCN(c2n[c-]no2)CC1.[Rb+]. The molecule has 0 atom stereocenters. The van der Waals surface area contributed by atoms with Gasteiger partial charge in [-0.2, -0.15) is 5.16 Å². The molecule has 1 aliphatic rings. The standard InChI is InChI=1S/C7H8N3O2.Rb/c11-6-1-3-10(4-2-6)7-8-5-9-12-7;/h1-4H2;/q-1;+1. The van der Waals surface area contributed by atoms with Gasteiger partial charge in [0.2, 0.25) is 0 Å². The molecule has 5 nitrogen and oxygen atoms in total. The third-order valence-corrected chi connectivity index (χ3v) is 1.91. The monoisotopic (exact) mass is 251 g/mol. The van der Waals surface area contributed by atoms with E-state index in [2.05, 4.69) is 16.5 Å². The number of Topliss-reactive ketones (excluding diaryl/α,β-unsaturated/α-hetero) is 1. The molecule has 2 rings (SSSR count). The largest absolute Gasteiger partial charge is 1.00 e. The maximum atomic E-state index is 10.9. The minimum absolute atomic E-state index is 0. The first-order valence-corrected chi connectivity index (χ1v) is 3.82. The molecule has 1 aliphatic heterocycles. The summed E-state index contributed by atoms with van der Waals surface area (Å²) in [7, 11) is 0. The zero-order chi connectivity index (χ0) is 8.39. The van der Waals surface area contributed by atoms with E-state index in [4.69, 9.17) is 4.52 Å².